The highest BCUT2D eigenvalue weighted by Gasteiger charge is 2.37. The van der Waals surface area contributed by atoms with Crippen molar-refractivity contribution >= 4 is 0 Å². The molecule has 4 nitrogen and oxygen atoms in total. The van der Waals surface area contributed by atoms with Gasteiger partial charge in [-0.05, 0) is 47.6 Å². The van der Waals surface area contributed by atoms with Crippen molar-refractivity contribution in [2.45, 2.75) is 32.1 Å². The van der Waals surface area contributed by atoms with Crippen LogP contribution >= 0.6 is 0 Å². The first kappa shape index (κ1) is 14.0. The van der Waals surface area contributed by atoms with E-state index in [2.05, 4.69) is 32.0 Å². The molecule has 3 atom stereocenters. The van der Waals surface area contributed by atoms with Crippen LogP contribution in [0, 0.1) is 5.92 Å². The van der Waals surface area contributed by atoms with E-state index in [-0.39, 0.29) is 5.92 Å². The predicted molar refractivity (Wildman–Crippen MR) is 89.2 cm³/mol. The molecule has 0 saturated carbocycles. The lowest BCUT2D eigenvalue weighted by Crippen LogP contribution is -2.22. The maximum absolute atomic E-state index is 5.86. The second-order valence-corrected chi connectivity index (χ2v) is 7.01. The highest BCUT2D eigenvalue weighted by Crippen LogP contribution is 2.53. The molecule has 0 aromatic heterocycles. The summed E-state index contributed by atoms with van der Waals surface area (Å²) in [5, 5.41) is 0. The summed E-state index contributed by atoms with van der Waals surface area (Å²) in [4.78, 5) is 0. The molecule has 0 amide bonds. The topological polar surface area (TPSA) is 36.9 Å². The van der Waals surface area contributed by atoms with E-state index in [0.29, 0.717) is 25.4 Å². The van der Waals surface area contributed by atoms with Crippen LogP contribution in [-0.2, 0) is 0 Å². The summed E-state index contributed by atoms with van der Waals surface area (Å²) in [5.74, 6) is 4.77. The Morgan fingerprint density at radius 3 is 2.50 bits per heavy atom. The predicted octanol–water partition coefficient (Wildman–Crippen LogP) is 4.42. The normalized spacial score (nSPS) is 26.3. The monoisotopic (exact) mass is 324 g/mol. The zero-order chi connectivity index (χ0) is 16.3. The van der Waals surface area contributed by atoms with Crippen LogP contribution in [0.4, 0.5) is 0 Å². The number of ether oxygens (including phenoxy) is 4. The largest absolute Gasteiger partial charge is 0.454 e. The average Bonchev–Trinajstić information content (AvgIpc) is 3.23. The summed E-state index contributed by atoms with van der Waals surface area (Å²) in [6.45, 7) is 5.23. The van der Waals surface area contributed by atoms with Crippen molar-refractivity contribution in [1.82, 2.24) is 0 Å². The fourth-order valence-corrected chi connectivity index (χ4v) is 4.47. The minimum atomic E-state index is 0.280. The van der Waals surface area contributed by atoms with E-state index < -0.39 is 0 Å². The molecule has 0 radical (unpaired) electrons. The van der Waals surface area contributed by atoms with E-state index in [9.17, 15) is 0 Å². The van der Waals surface area contributed by atoms with Gasteiger partial charge in [0.05, 0.1) is 0 Å². The third-order valence-corrected chi connectivity index (χ3v) is 5.50. The van der Waals surface area contributed by atoms with Gasteiger partial charge < -0.3 is 18.9 Å². The quantitative estimate of drug-likeness (QED) is 0.778. The Hall–Kier alpha value is -2.36. The molecule has 0 bridgehead atoms. The van der Waals surface area contributed by atoms with Crippen molar-refractivity contribution in [3.63, 3.8) is 0 Å². The number of hydrogen-bond donors (Lipinski definition) is 0. The Labute approximate surface area is 141 Å². The zero-order valence-electron chi connectivity index (χ0n) is 13.9. The molecule has 1 aliphatic carbocycles. The van der Waals surface area contributed by atoms with E-state index in [1.54, 1.807) is 0 Å². The van der Waals surface area contributed by atoms with Crippen molar-refractivity contribution in [1.29, 1.82) is 0 Å². The van der Waals surface area contributed by atoms with E-state index in [1.807, 2.05) is 12.1 Å². The fourth-order valence-electron chi connectivity index (χ4n) is 4.47. The first-order valence-electron chi connectivity index (χ1n) is 8.54. The second kappa shape index (κ2) is 5.07. The number of rotatable bonds is 1. The zero-order valence-corrected chi connectivity index (χ0v) is 13.9. The van der Waals surface area contributed by atoms with Gasteiger partial charge in [0, 0.05) is 11.5 Å². The summed E-state index contributed by atoms with van der Waals surface area (Å²) in [7, 11) is 0. The van der Waals surface area contributed by atoms with Gasteiger partial charge in [-0.15, -0.1) is 0 Å². The van der Waals surface area contributed by atoms with Gasteiger partial charge in [-0.25, -0.2) is 0 Å². The van der Waals surface area contributed by atoms with E-state index in [0.717, 1.165) is 29.4 Å². The molecule has 124 valence electrons. The fraction of sp³-hybridized carbons (Fsp3) is 0.400. The summed E-state index contributed by atoms with van der Waals surface area (Å²) in [6, 6.07) is 10.6. The molecule has 24 heavy (non-hydrogen) atoms. The van der Waals surface area contributed by atoms with Crippen LogP contribution in [0.3, 0.4) is 0 Å². The SMILES string of the molecule is C[C@@H]1C[C@@H](C)[C@H](c2ccc3c(c2)OCO3)c2c1ccc1c2OCO1. The van der Waals surface area contributed by atoms with Crippen molar-refractivity contribution < 1.29 is 18.9 Å². The number of fused-ring (bicyclic) bond motifs is 4. The van der Waals surface area contributed by atoms with Crippen LogP contribution in [0.2, 0.25) is 0 Å². The Balaban J connectivity index is 1.69. The van der Waals surface area contributed by atoms with Gasteiger partial charge in [-0.3, -0.25) is 0 Å². The van der Waals surface area contributed by atoms with Crippen molar-refractivity contribution in [2.24, 2.45) is 5.92 Å². The van der Waals surface area contributed by atoms with E-state index in [1.165, 1.54) is 16.7 Å². The van der Waals surface area contributed by atoms with Gasteiger partial charge >= 0.3 is 0 Å². The Kier molecular flexibility index (Phi) is 2.96. The Morgan fingerprint density at radius 2 is 1.58 bits per heavy atom. The lowest BCUT2D eigenvalue weighted by Gasteiger charge is -2.36. The van der Waals surface area contributed by atoms with Crippen molar-refractivity contribution in [3.05, 3.63) is 47.0 Å². The van der Waals surface area contributed by atoms with Gasteiger partial charge in [0.25, 0.3) is 0 Å². The summed E-state index contributed by atoms with van der Waals surface area (Å²) < 4.78 is 22.5. The van der Waals surface area contributed by atoms with Crippen LogP contribution in [0.1, 0.15) is 48.8 Å². The van der Waals surface area contributed by atoms with Crippen LogP contribution in [0.15, 0.2) is 30.3 Å². The van der Waals surface area contributed by atoms with E-state index >= 15 is 0 Å². The third-order valence-electron chi connectivity index (χ3n) is 5.50. The average molecular weight is 324 g/mol. The Morgan fingerprint density at radius 1 is 0.833 bits per heavy atom. The number of benzene rings is 2. The van der Waals surface area contributed by atoms with Gasteiger partial charge in [-0.1, -0.05) is 26.0 Å². The van der Waals surface area contributed by atoms with Crippen molar-refractivity contribution in [3.8, 4) is 23.0 Å². The molecule has 4 heteroatoms. The maximum atomic E-state index is 5.86. The second-order valence-electron chi connectivity index (χ2n) is 7.01. The lowest BCUT2D eigenvalue weighted by molar-refractivity contribution is 0.172. The maximum Gasteiger partial charge on any atom is 0.231 e. The molecule has 0 unspecified atom stereocenters. The van der Waals surface area contributed by atoms with Crippen molar-refractivity contribution in [2.75, 3.05) is 13.6 Å². The first-order valence-corrected chi connectivity index (χ1v) is 8.54. The highest BCUT2D eigenvalue weighted by atomic mass is 16.7. The standard InChI is InChI=1S/C20H20O4/c1-11-7-12(2)18(13-3-5-15-17(8-13)23-9-21-15)19-14(11)4-6-16-20(19)24-10-22-16/h3-6,8,11-12,18H,7,9-10H2,1-2H3/t11-,12-,18-/m1/s1. The molecule has 5 rings (SSSR count). The molecule has 0 saturated heterocycles. The molecule has 0 N–H and O–H groups in total. The van der Waals surface area contributed by atoms with Crippen LogP contribution < -0.4 is 18.9 Å². The molecular formula is C20H20O4. The van der Waals surface area contributed by atoms with Gasteiger partial charge in [0.2, 0.25) is 13.6 Å². The Bertz CT molecular complexity index is 814. The molecule has 3 aliphatic rings. The highest BCUT2D eigenvalue weighted by molar-refractivity contribution is 5.59. The van der Waals surface area contributed by atoms with Gasteiger partial charge in [-0.2, -0.15) is 0 Å². The minimum Gasteiger partial charge on any atom is -0.454 e. The molecule has 0 spiro atoms. The number of hydrogen-bond acceptors (Lipinski definition) is 4. The summed E-state index contributed by atoms with van der Waals surface area (Å²) in [6.07, 6.45) is 1.16. The molecule has 2 aromatic carbocycles. The smallest absolute Gasteiger partial charge is 0.231 e. The van der Waals surface area contributed by atoms with Crippen LogP contribution in [0.5, 0.6) is 23.0 Å². The summed E-state index contributed by atoms with van der Waals surface area (Å²) in [5.41, 5.74) is 3.92. The van der Waals surface area contributed by atoms with Gasteiger partial charge in [0.1, 0.15) is 0 Å². The summed E-state index contributed by atoms with van der Waals surface area (Å²) >= 11 is 0. The molecule has 2 aromatic rings. The lowest BCUT2D eigenvalue weighted by atomic mass is 9.68. The molecule has 2 heterocycles. The molecule has 2 aliphatic heterocycles. The molecule has 0 fully saturated rings. The minimum absolute atomic E-state index is 0.280. The van der Waals surface area contributed by atoms with Gasteiger partial charge in [0.15, 0.2) is 23.0 Å². The molecular weight excluding hydrogens is 304 g/mol. The van der Waals surface area contributed by atoms with Crippen LogP contribution in [0.25, 0.3) is 0 Å². The van der Waals surface area contributed by atoms with E-state index in [4.69, 9.17) is 18.9 Å². The first-order chi connectivity index (χ1) is 11.7. The third kappa shape index (κ3) is 1.92. The van der Waals surface area contributed by atoms with Crippen LogP contribution in [-0.4, -0.2) is 13.6 Å².